The summed E-state index contributed by atoms with van der Waals surface area (Å²) in [6, 6.07) is 2.38. The zero-order valence-electron chi connectivity index (χ0n) is 8.79. The number of carbonyl (C=O) groups is 1. The van der Waals surface area contributed by atoms with Crippen LogP contribution in [0.25, 0.3) is 0 Å². The molecule has 1 aromatic rings. The van der Waals surface area contributed by atoms with Gasteiger partial charge in [0.1, 0.15) is 5.78 Å². The molecule has 1 unspecified atom stereocenters. The van der Waals surface area contributed by atoms with Gasteiger partial charge in [0.2, 0.25) is 0 Å². The molecular weight excluding hydrogens is 176 g/mol. The molecule has 1 aromatic heterocycles. The fraction of sp³-hybridized carbons (Fsp3) is 0.636. The lowest BCUT2D eigenvalue weighted by Crippen LogP contribution is -2.20. The number of carbonyl (C=O) groups excluding carboxylic acids is 1. The van der Waals surface area contributed by atoms with Gasteiger partial charge in [-0.2, -0.15) is 5.10 Å². The van der Waals surface area contributed by atoms with E-state index in [1.54, 1.807) is 0 Å². The molecule has 76 valence electrons. The molecule has 0 radical (unpaired) electrons. The lowest BCUT2D eigenvalue weighted by molar-refractivity contribution is -0.121. The fourth-order valence-corrected chi connectivity index (χ4v) is 2.23. The third kappa shape index (κ3) is 1.72. The summed E-state index contributed by atoms with van der Waals surface area (Å²) in [5, 5.41) is 4.43. The van der Waals surface area contributed by atoms with Crippen LogP contribution in [0, 0.1) is 13.8 Å². The topological polar surface area (TPSA) is 34.9 Å². The van der Waals surface area contributed by atoms with Crippen LogP contribution in [-0.4, -0.2) is 15.6 Å². The smallest absolute Gasteiger partial charge is 0.135 e. The Morgan fingerprint density at radius 2 is 2.29 bits per heavy atom. The van der Waals surface area contributed by atoms with Crippen LogP contribution in [0.4, 0.5) is 0 Å². The molecule has 0 amide bonds. The van der Waals surface area contributed by atoms with Crippen LogP contribution in [0.15, 0.2) is 6.07 Å². The zero-order valence-corrected chi connectivity index (χ0v) is 8.79. The molecule has 0 saturated heterocycles. The molecule has 0 aliphatic heterocycles. The Morgan fingerprint density at radius 1 is 1.50 bits per heavy atom. The number of hydrogen-bond donors (Lipinski definition) is 0. The molecule has 0 N–H and O–H groups in total. The summed E-state index contributed by atoms with van der Waals surface area (Å²) in [6.45, 7) is 4.05. The lowest BCUT2D eigenvalue weighted by atomic mass is 9.94. The number of ketones is 1. The average molecular weight is 192 g/mol. The van der Waals surface area contributed by atoms with Crippen LogP contribution in [-0.2, 0) is 4.79 Å². The van der Waals surface area contributed by atoms with Gasteiger partial charge in [0, 0.05) is 18.5 Å². The number of nitrogens with zero attached hydrogens (tertiary/aromatic N) is 2. The maximum atomic E-state index is 11.3. The summed E-state index contributed by atoms with van der Waals surface area (Å²) in [5.74, 6) is 0.383. The van der Waals surface area contributed by atoms with Gasteiger partial charge in [-0.05, 0) is 32.8 Å². The van der Waals surface area contributed by atoms with Gasteiger partial charge in [-0.3, -0.25) is 9.48 Å². The number of aryl methyl sites for hydroxylation is 2. The first-order valence-electron chi connectivity index (χ1n) is 5.21. The molecule has 1 saturated carbocycles. The molecule has 0 spiro atoms. The molecule has 14 heavy (non-hydrogen) atoms. The van der Waals surface area contributed by atoms with Gasteiger partial charge in [-0.15, -0.1) is 0 Å². The Kier molecular flexibility index (Phi) is 2.40. The normalized spacial score (nSPS) is 22.7. The summed E-state index contributed by atoms with van der Waals surface area (Å²) < 4.78 is 2.02. The minimum absolute atomic E-state index is 0.310. The monoisotopic (exact) mass is 192 g/mol. The van der Waals surface area contributed by atoms with Gasteiger partial charge >= 0.3 is 0 Å². The number of rotatable bonds is 1. The minimum atomic E-state index is 0.310. The molecule has 3 heteroatoms. The fourth-order valence-electron chi connectivity index (χ4n) is 2.23. The highest BCUT2D eigenvalue weighted by molar-refractivity contribution is 5.79. The Morgan fingerprint density at radius 3 is 2.86 bits per heavy atom. The first kappa shape index (κ1) is 9.44. The van der Waals surface area contributed by atoms with Crippen molar-refractivity contribution in [1.29, 1.82) is 0 Å². The Hall–Kier alpha value is -1.12. The van der Waals surface area contributed by atoms with E-state index in [4.69, 9.17) is 0 Å². The number of aromatic nitrogens is 2. The SMILES string of the molecule is Cc1cc(C)n(C2CCCC(=O)C2)n1. The molecule has 1 atom stereocenters. The highest BCUT2D eigenvalue weighted by Crippen LogP contribution is 2.26. The second-order valence-electron chi connectivity index (χ2n) is 4.16. The average Bonchev–Trinajstić information content (AvgIpc) is 2.45. The van der Waals surface area contributed by atoms with Crippen LogP contribution >= 0.6 is 0 Å². The van der Waals surface area contributed by atoms with Crippen molar-refractivity contribution in [2.24, 2.45) is 0 Å². The molecule has 1 heterocycles. The van der Waals surface area contributed by atoms with E-state index in [2.05, 4.69) is 18.1 Å². The summed E-state index contributed by atoms with van der Waals surface area (Å²) in [6.07, 6.45) is 3.54. The lowest BCUT2D eigenvalue weighted by Gasteiger charge is -2.22. The molecule has 1 fully saturated rings. The van der Waals surface area contributed by atoms with Crippen molar-refractivity contribution in [1.82, 2.24) is 9.78 Å². The second-order valence-corrected chi connectivity index (χ2v) is 4.16. The zero-order chi connectivity index (χ0) is 10.1. The summed E-state index contributed by atoms with van der Waals surface area (Å²) in [5.41, 5.74) is 2.21. The van der Waals surface area contributed by atoms with Crippen molar-refractivity contribution in [2.75, 3.05) is 0 Å². The molecule has 1 aliphatic rings. The number of hydrogen-bond acceptors (Lipinski definition) is 2. The first-order valence-corrected chi connectivity index (χ1v) is 5.21. The van der Waals surface area contributed by atoms with E-state index in [0.717, 1.165) is 25.0 Å². The van der Waals surface area contributed by atoms with Crippen LogP contribution in [0.2, 0.25) is 0 Å². The van der Waals surface area contributed by atoms with E-state index >= 15 is 0 Å². The predicted molar refractivity (Wildman–Crippen MR) is 54.2 cm³/mol. The van der Waals surface area contributed by atoms with Crippen LogP contribution in [0.1, 0.15) is 43.1 Å². The highest BCUT2D eigenvalue weighted by atomic mass is 16.1. The number of Topliss-reactive ketones (excluding diaryl/α,β-unsaturated/α-hetero) is 1. The minimum Gasteiger partial charge on any atom is -0.300 e. The third-order valence-electron chi connectivity index (χ3n) is 2.85. The van der Waals surface area contributed by atoms with Gasteiger partial charge in [-0.1, -0.05) is 0 Å². The third-order valence-corrected chi connectivity index (χ3v) is 2.85. The van der Waals surface area contributed by atoms with Gasteiger partial charge in [-0.25, -0.2) is 0 Å². The standard InChI is InChI=1S/C11H16N2O/c1-8-6-9(2)13(12-8)10-4-3-5-11(14)7-10/h6,10H,3-5,7H2,1-2H3. The van der Waals surface area contributed by atoms with E-state index in [1.165, 1.54) is 5.69 Å². The predicted octanol–water partition coefficient (Wildman–Crippen LogP) is 2.18. The summed E-state index contributed by atoms with van der Waals surface area (Å²) in [7, 11) is 0. The summed E-state index contributed by atoms with van der Waals surface area (Å²) >= 11 is 0. The van der Waals surface area contributed by atoms with E-state index < -0.39 is 0 Å². The molecule has 3 nitrogen and oxygen atoms in total. The molecule has 0 bridgehead atoms. The molecule has 2 rings (SSSR count). The molecule has 1 aliphatic carbocycles. The van der Waals surface area contributed by atoms with Crippen LogP contribution in [0.3, 0.4) is 0 Å². The van der Waals surface area contributed by atoms with Crippen molar-refractivity contribution in [3.8, 4) is 0 Å². The highest BCUT2D eigenvalue weighted by Gasteiger charge is 2.22. The molecule has 0 aromatic carbocycles. The second kappa shape index (κ2) is 3.56. The quantitative estimate of drug-likeness (QED) is 0.683. The summed E-state index contributed by atoms with van der Waals surface area (Å²) in [4.78, 5) is 11.3. The van der Waals surface area contributed by atoms with Crippen molar-refractivity contribution in [2.45, 2.75) is 45.6 Å². The van der Waals surface area contributed by atoms with Crippen molar-refractivity contribution in [3.05, 3.63) is 17.5 Å². The van der Waals surface area contributed by atoms with Crippen molar-refractivity contribution >= 4 is 5.78 Å². The van der Waals surface area contributed by atoms with Crippen LogP contribution in [0.5, 0.6) is 0 Å². The van der Waals surface area contributed by atoms with Gasteiger partial charge in [0.15, 0.2) is 0 Å². The Balaban J connectivity index is 2.21. The van der Waals surface area contributed by atoms with Gasteiger partial charge < -0.3 is 0 Å². The van der Waals surface area contributed by atoms with Gasteiger partial charge in [0.05, 0.1) is 11.7 Å². The first-order chi connectivity index (χ1) is 6.66. The largest absolute Gasteiger partial charge is 0.300 e. The van der Waals surface area contributed by atoms with E-state index in [0.29, 0.717) is 18.2 Å². The van der Waals surface area contributed by atoms with E-state index in [-0.39, 0.29) is 0 Å². The van der Waals surface area contributed by atoms with Crippen molar-refractivity contribution in [3.63, 3.8) is 0 Å². The maximum absolute atomic E-state index is 11.3. The van der Waals surface area contributed by atoms with Crippen molar-refractivity contribution < 1.29 is 4.79 Å². The maximum Gasteiger partial charge on any atom is 0.135 e. The van der Waals surface area contributed by atoms with E-state index in [9.17, 15) is 4.79 Å². The Bertz CT molecular complexity index is 354. The van der Waals surface area contributed by atoms with E-state index in [1.807, 2.05) is 11.6 Å². The molecular formula is C11H16N2O. The Labute approximate surface area is 84.1 Å². The van der Waals surface area contributed by atoms with Crippen LogP contribution < -0.4 is 0 Å². The van der Waals surface area contributed by atoms with Gasteiger partial charge in [0.25, 0.3) is 0 Å².